The van der Waals surface area contributed by atoms with E-state index in [1.165, 1.54) is 22.9 Å². The summed E-state index contributed by atoms with van der Waals surface area (Å²) in [7, 11) is 0. The molecule has 0 amide bonds. The second-order valence-corrected chi connectivity index (χ2v) is 8.23. The fraction of sp³-hybridized carbons (Fsp3) is 0.208. The molecule has 0 saturated heterocycles. The number of benzene rings is 2. The van der Waals surface area contributed by atoms with Crippen molar-refractivity contribution >= 4 is 17.5 Å². The van der Waals surface area contributed by atoms with E-state index in [9.17, 15) is 4.79 Å². The summed E-state index contributed by atoms with van der Waals surface area (Å²) in [5.41, 5.74) is 6.05. The second kappa shape index (κ2) is 8.71. The van der Waals surface area contributed by atoms with Crippen LogP contribution in [0.15, 0.2) is 70.3 Å². The van der Waals surface area contributed by atoms with E-state index < -0.39 is 0 Å². The molecule has 30 heavy (non-hydrogen) atoms. The van der Waals surface area contributed by atoms with Crippen LogP contribution in [0.25, 0.3) is 11.5 Å². The molecule has 2 heterocycles. The topological polar surface area (TPSA) is 60.9 Å². The lowest BCUT2D eigenvalue weighted by Crippen LogP contribution is -2.07. The van der Waals surface area contributed by atoms with E-state index in [4.69, 9.17) is 4.42 Å². The van der Waals surface area contributed by atoms with Crippen molar-refractivity contribution in [1.29, 1.82) is 0 Å². The molecule has 5 nitrogen and oxygen atoms in total. The molecule has 0 unspecified atom stereocenters. The first kappa shape index (κ1) is 20.2. The van der Waals surface area contributed by atoms with E-state index in [0.29, 0.717) is 11.1 Å². The van der Waals surface area contributed by atoms with E-state index >= 15 is 0 Å². The molecule has 0 bridgehead atoms. The number of thioether (sulfide) groups is 1. The van der Waals surface area contributed by atoms with Crippen LogP contribution in [0.5, 0.6) is 0 Å². The molecule has 4 rings (SSSR count). The molecule has 0 atom stereocenters. The highest BCUT2D eigenvalue weighted by atomic mass is 32.2. The van der Waals surface area contributed by atoms with Crippen LogP contribution >= 0.6 is 11.8 Å². The number of hydrogen-bond acceptors (Lipinski definition) is 5. The van der Waals surface area contributed by atoms with Crippen molar-refractivity contribution in [3.63, 3.8) is 0 Å². The van der Waals surface area contributed by atoms with Crippen LogP contribution in [-0.2, 0) is 6.54 Å². The number of Topliss-reactive ketones (excluding diaryl/α,β-unsaturated/α-hetero) is 1. The van der Waals surface area contributed by atoms with Gasteiger partial charge in [0.2, 0.25) is 5.89 Å². The van der Waals surface area contributed by atoms with Crippen molar-refractivity contribution in [3.8, 4) is 11.5 Å². The van der Waals surface area contributed by atoms with Gasteiger partial charge in [-0.05, 0) is 44.5 Å². The number of carbonyl (C=O) groups excluding carboxylic acids is 1. The van der Waals surface area contributed by atoms with Crippen molar-refractivity contribution in [1.82, 2.24) is 14.8 Å². The zero-order valence-electron chi connectivity index (χ0n) is 17.3. The van der Waals surface area contributed by atoms with Crippen LogP contribution in [0.4, 0.5) is 0 Å². The van der Waals surface area contributed by atoms with E-state index in [-0.39, 0.29) is 11.5 Å². The van der Waals surface area contributed by atoms with Crippen LogP contribution in [-0.4, -0.2) is 26.3 Å². The van der Waals surface area contributed by atoms with E-state index in [2.05, 4.69) is 26.9 Å². The van der Waals surface area contributed by atoms with Crippen molar-refractivity contribution in [2.75, 3.05) is 5.75 Å². The molecule has 0 N–H and O–H groups in total. The predicted octanol–water partition coefficient (Wildman–Crippen LogP) is 5.49. The van der Waals surface area contributed by atoms with Gasteiger partial charge in [0, 0.05) is 29.1 Å². The van der Waals surface area contributed by atoms with E-state index in [0.717, 1.165) is 29.1 Å². The molecule has 152 valence electrons. The third-order valence-electron chi connectivity index (χ3n) is 5.09. The van der Waals surface area contributed by atoms with Gasteiger partial charge in [0.1, 0.15) is 0 Å². The highest BCUT2D eigenvalue weighted by Gasteiger charge is 2.18. The van der Waals surface area contributed by atoms with Crippen LogP contribution in [0, 0.1) is 20.8 Å². The highest BCUT2D eigenvalue weighted by Crippen LogP contribution is 2.25. The number of nitrogens with zero attached hydrogens (tertiary/aromatic N) is 3. The van der Waals surface area contributed by atoms with E-state index in [1.807, 2.05) is 69.3 Å². The maximum atomic E-state index is 12.8. The summed E-state index contributed by atoms with van der Waals surface area (Å²) in [6.45, 7) is 6.81. The minimum Gasteiger partial charge on any atom is -0.411 e. The zero-order chi connectivity index (χ0) is 21.1. The number of hydrogen-bond donors (Lipinski definition) is 0. The van der Waals surface area contributed by atoms with Gasteiger partial charge in [-0.15, -0.1) is 10.2 Å². The van der Waals surface area contributed by atoms with Gasteiger partial charge >= 0.3 is 0 Å². The highest BCUT2D eigenvalue weighted by molar-refractivity contribution is 7.99. The van der Waals surface area contributed by atoms with E-state index in [1.54, 1.807) is 0 Å². The maximum absolute atomic E-state index is 12.8. The summed E-state index contributed by atoms with van der Waals surface area (Å²) in [4.78, 5) is 12.8. The van der Waals surface area contributed by atoms with Crippen molar-refractivity contribution in [2.45, 2.75) is 32.5 Å². The summed E-state index contributed by atoms with van der Waals surface area (Å²) in [5, 5.41) is 8.57. The summed E-state index contributed by atoms with van der Waals surface area (Å²) in [6.07, 6.45) is 0. The molecule has 0 spiro atoms. The Labute approximate surface area is 180 Å². The van der Waals surface area contributed by atoms with Crippen LogP contribution < -0.4 is 0 Å². The first-order valence-corrected chi connectivity index (χ1v) is 10.8. The molecular weight excluding hydrogens is 394 g/mol. The lowest BCUT2D eigenvalue weighted by atomic mass is 10.1. The standard InChI is InChI=1S/C24H23N3O2S/c1-16-9-11-20(12-10-16)23-25-26-24(29-23)30-15-22(28)21-13-17(2)27(18(21)3)14-19-7-5-4-6-8-19/h4-13H,14-15H2,1-3H3. The van der Waals surface area contributed by atoms with Crippen LogP contribution in [0.1, 0.15) is 32.9 Å². The Hall–Kier alpha value is -3.12. The molecule has 6 heteroatoms. The molecule has 2 aromatic heterocycles. The fourth-order valence-corrected chi connectivity index (χ4v) is 4.03. The van der Waals surface area contributed by atoms with Gasteiger partial charge in [0.05, 0.1) is 5.75 Å². The summed E-state index contributed by atoms with van der Waals surface area (Å²) < 4.78 is 7.89. The normalized spacial score (nSPS) is 11.0. The number of rotatable bonds is 7. The molecule has 0 aliphatic heterocycles. The van der Waals surface area contributed by atoms with Gasteiger partial charge in [-0.1, -0.05) is 59.8 Å². The Morgan fingerprint density at radius 3 is 2.47 bits per heavy atom. The molecule has 4 aromatic rings. The minimum absolute atomic E-state index is 0.0579. The maximum Gasteiger partial charge on any atom is 0.277 e. The van der Waals surface area contributed by atoms with Crippen LogP contribution in [0.2, 0.25) is 0 Å². The average Bonchev–Trinajstić information content (AvgIpc) is 3.34. The second-order valence-electron chi connectivity index (χ2n) is 7.31. The lowest BCUT2D eigenvalue weighted by molar-refractivity contribution is 0.102. The SMILES string of the molecule is Cc1ccc(-c2nnc(SCC(=O)c3cc(C)n(Cc4ccccc4)c3C)o2)cc1. The molecule has 0 aliphatic carbocycles. The number of carbonyl (C=O) groups is 1. The molecular formula is C24H23N3O2S. The average molecular weight is 418 g/mol. The Bertz CT molecular complexity index is 1160. The molecule has 2 aromatic carbocycles. The molecule has 0 radical (unpaired) electrons. The first-order valence-electron chi connectivity index (χ1n) is 9.78. The van der Waals surface area contributed by atoms with Gasteiger partial charge in [0.25, 0.3) is 5.22 Å². The van der Waals surface area contributed by atoms with Crippen molar-refractivity contribution < 1.29 is 9.21 Å². The molecule has 0 fully saturated rings. The lowest BCUT2D eigenvalue weighted by Gasteiger charge is -2.09. The summed E-state index contributed by atoms with van der Waals surface area (Å²) in [6, 6.07) is 20.1. The van der Waals surface area contributed by atoms with Gasteiger partial charge in [-0.25, -0.2) is 0 Å². The largest absolute Gasteiger partial charge is 0.411 e. The predicted molar refractivity (Wildman–Crippen MR) is 119 cm³/mol. The molecule has 0 saturated carbocycles. The number of aryl methyl sites for hydroxylation is 2. The van der Waals surface area contributed by atoms with Gasteiger partial charge in [-0.2, -0.15) is 0 Å². The smallest absolute Gasteiger partial charge is 0.277 e. The molecule has 0 aliphatic rings. The van der Waals surface area contributed by atoms with Gasteiger partial charge in [-0.3, -0.25) is 4.79 Å². The summed E-state index contributed by atoms with van der Waals surface area (Å²) in [5.74, 6) is 0.777. The Kier molecular flexibility index (Phi) is 5.86. The monoisotopic (exact) mass is 417 g/mol. The quantitative estimate of drug-likeness (QED) is 0.294. The summed E-state index contributed by atoms with van der Waals surface area (Å²) >= 11 is 1.27. The Balaban J connectivity index is 1.43. The van der Waals surface area contributed by atoms with Crippen molar-refractivity contribution in [3.05, 3.63) is 88.7 Å². The van der Waals surface area contributed by atoms with Gasteiger partial charge < -0.3 is 8.98 Å². The first-order chi connectivity index (χ1) is 14.5. The Morgan fingerprint density at radius 1 is 1.00 bits per heavy atom. The number of aromatic nitrogens is 3. The van der Waals surface area contributed by atoms with Crippen LogP contribution in [0.3, 0.4) is 0 Å². The van der Waals surface area contributed by atoms with Crippen molar-refractivity contribution in [2.24, 2.45) is 0 Å². The Morgan fingerprint density at radius 2 is 1.73 bits per heavy atom. The number of ketones is 1. The fourth-order valence-electron chi connectivity index (χ4n) is 3.38. The zero-order valence-corrected chi connectivity index (χ0v) is 18.1. The third-order valence-corrected chi connectivity index (χ3v) is 5.91. The minimum atomic E-state index is 0.0579. The third kappa shape index (κ3) is 4.39. The van der Waals surface area contributed by atoms with Gasteiger partial charge in [0.15, 0.2) is 5.78 Å².